The number of nitrogens with two attached hydrogens (primary N) is 1. The standard InChI is InChI=1S/C11H24N2O2S.ClH/c1-11(2,3)8-16(14,15)13-10-6-4-5-9(10)7-12;/h9-10,13H,4-8,12H2,1-3H3;1H. The predicted octanol–water partition coefficient (Wildman–Crippen LogP) is 1.50. The number of nitrogens with one attached hydrogen (secondary N) is 1. The zero-order chi connectivity index (χ0) is 12.4. The SMILES string of the molecule is CC(C)(C)CS(=O)(=O)NC1CCCC1CN.Cl. The second-order valence-corrected chi connectivity index (χ2v) is 7.72. The van der Waals surface area contributed by atoms with Crippen LogP contribution in [-0.4, -0.2) is 26.8 Å². The molecule has 0 aromatic heterocycles. The van der Waals surface area contributed by atoms with Gasteiger partial charge in [0.25, 0.3) is 0 Å². The van der Waals surface area contributed by atoms with Crippen molar-refractivity contribution in [3.8, 4) is 0 Å². The van der Waals surface area contributed by atoms with Gasteiger partial charge in [-0.2, -0.15) is 0 Å². The van der Waals surface area contributed by atoms with Crippen LogP contribution in [-0.2, 0) is 10.0 Å². The second-order valence-electron chi connectivity index (χ2n) is 5.97. The van der Waals surface area contributed by atoms with Crippen LogP contribution in [0.1, 0.15) is 40.0 Å². The van der Waals surface area contributed by atoms with E-state index in [-0.39, 0.29) is 29.6 Å². The van der Waals surface area contributed by atoms with E-state index in [0.29, 0.717) is 12.5 Å². The van der Waals surface area contributed by atoms with Gasteiger partial charge in [-0.1, -0.05) is 27.2 Å². The summed E-state index contributed by atoms with van der Waals surface area (Å²) in [6, 6.07) is 0.0531. The third-order valence-corrected chi connectivity index (χ3v) is 4.82. The number of rotatable bonds is 4. The summed E-state index contributed by atoms with van der Waals surface area (Å²) in [5.74, 6) is 0.489. The average molecular weight is 285 g/mol. The smallest absolute Gasteiger partial charge is 0.212 e. The molecule has 104 valence electrons. The van der Waals surface area contributed by atoms with E-state index in [1.54, 1.807) is 0 Å². The average Bonchev–Trinajstić information content (AvgIpc) is 2.45. The predicted molar refractivity (Wildman–Crippen MR) is 73.8 cm³/mol. The molecule has 0 heterocycles. The van der Waals surface area contributed by atoms with E-state index in [0.717, 1.165) is 19.3 Å². The quantitative estimate of drug-likeness (QED) is 0.822. The van der Waals surface area contributed by atoms with Gasteiger partial charge in [-0.15, -0.1) is 12.4 Å². The summed E-state index contributed by atoms with van der Waals surface area (Å²) >= 11 is 0. The van der Waals surface area contributed by atoms with Crippen molar-refractivity contribution < 1.29 is 8.42 Å². The van der Waals surface area contributed by atoms with Crippen LogP contribution in [0.5, 0.6) is 0 Å². The van der Waals surface area contributed by atoms with Crippen molar-refractivity contribution in [1.29, 1.82) is 0 Å². The maximum Gasteiger partial charge on any atom is 0.212 e. The second kappa shape index (κ2) is 6.36. The zero-order valence-electron chi connectivity index (χ0n) is 10.9. The van der Waals surface area contributed by atoms with Crippen molar-refractivity contribution in [2.75, 3.05) is 12.3 Å². The molecular weight excluding hydrogens is 260 g/mol. The van der Waals surface area contributed by atoms with Crippen molar-refractivity contribution in [3.05, 3.63) is 0 Å². The fourth-order valence-corrected chi connectivity index (χ4v) is 4.31. The molecule has 0 saturated heterocycles. The van der Waals surface area contributed by atoms with E-state index in [1.807, 2.05) is 20.8 Å². The van der Waals surface area contributed by atoms with Gasteiger partial charge in [-0.25, -0.2) is 13.1 Å². The van der Waals surface area contributed by atoms with Crippen molar-refractivity contribution in [2.24, 2.45) is 17.1 Å². The topological polar surface area (TPSA) is 72.2 Å². The van der Waals surface area contributed by atoms with Crippen LogP contribution in [0.15, 0.2) is 0 Å². The first-order chi connectivity index (χ1) is 7.23. The zero-order valence-corrected chi connectivity index (χ0v) is 12.5. The van der Waals surface area contributed by atoms with Gasteiger partial charge in [-0.3, -0.25) is 0 Å². The molecule has 1 aliphatic rings. The summed E-state index contributed by atoms with van der Waals surface area (Å²) in [7, 11) is -3.17. The highest BCUT2D eigenvalue weighted by Gasteiger charge is 2.31. The first-order valence-corrected chi connectivity index (χ1v) is 7.59. The molecule has 3 N–H and O–H groups in total. The largest absolute Gasteiger partial charge is 0.330 e. The summed E-state index contributed by atoms with van der Waals surface area (Å²) < 4.78 is 26.6. The number of hydrogen-bond acceptors (Lipinski definition) is 3. The highest BCUT2D eigenvalue weighted by atomic mass is 35.5. The molecule has 17 heavy (non-hydrogen) atoms. The van der Waals surface area contributed by atoms with E-state index in [1.165, 1.54) is 0 Å². The molecule has 0 aromatic rings. The van der Waals surface area contributed by atoms with Crippen LogP contribution in [0, 0.1) is 11.3 Å². The Morgan fingerprint density at radius 2 is 1.88 bits per heavy atom. The molecule has 1 aliphatic carbocycles. The van der Waals surface area contributed by atoms with Crippen molar-refractivity contribution in [1.82, 2.24) is 4.72 Å². The van der Waals surface area contributed by atoms with Gasteiger partial charge in [-0.05, 0) is 30.7 Å². The number of halogens is 1. The van der Waals surface area contributed by atoms with Crippen molar-refractivity contribution >= 4 is 22.4 Å². The Hall–Kier alpha value is 0.160. The van der Waals surface area contributed by atoms with Crippen LogP contribution in [0.25, 0.3) is 0 Å². The van der Waals surface area contributed by atoms with E-state index in [4.69, 9.17) is 5.73 Å². The number of hydrogen-bond donors (Lipinski definition) is 2. The normalized spacial score (nSPS) is 25.6. The Morgan fingerprint density at radius 1 is 1.29 bits per heavy atom. The van der Waals surface area contributed by atoms with Gasteiger partial charge in [0.05, 0.1) is 5.75 Å². The molecule has 2 unspecified atom stereocenters. The molecule has 0 aromatic carbocycles. The van der Waals surface area contributed by atoms with Crippen LogP contribution < -0.4 is 10.5 Å². The summed E-state index contributed by atoms with van der Waals surface area (Å²) in [4.78, 5) is 0. The Balaban J connectivity index is 0.00000256. The van der Waals surface area contributed by atoms with Gasteiger partial charge in [0.1, 0.15) is 0 Å². The fourth-order valence-electron chi connectivity index (χ4n) is 2.32. The molecule has 6 heteroatoms. The summed E-state index contributed by atoms with van der Waals surface area (Å²) in [6.45, 7) is 6.37. The minimum atomic E-state index is -3.17. The van der Waals surface area contributed by atoms with Gasteiger partial charge >= 0.3 is 0 Å². The summed E-state index contributed by atoms with van der Waals surface area (Å²) in [6.07, 6.45) is 3.04. The lowest BCUT2D eigenvalue weighted by Crippen LogP contribution is -2.42. The summed E-state index contributed by atoms with van der Waals surface area (Å²) in [5.41, 5.74) is 5.43. The molecule has 0 aliphatic heterocycles. The van der Waals surface area contributed by atoms with E-state index in [9.17, 15) is 8.42 Å². The molecule has 1 rings (SSSR count). The Bertz CT molecular complexity index is 325. The molecule has 4 nitrogen and oxygen atoms in total. The Labute approximate surface area is 111 Å². The minimum absolute atomic E-state index is 0. The van der Waals surface area contributed by atoms with E-state index >= 15 is 0 Å². The monoisotopic (exact) mass is 284 g/mol. The third kappa shape index (κ3) is 6.04. The molecule has 1 saturated carbocycles. The lowest BCUT2D eigenvalue weighted by atomic mass is 10.0. The first-order valence-electron chi connectivity index (χ1n) is 5.93. The van der Waals surface area contributed by atoms with Gasteiger partial charge in [0.2, 0.25) is 10.0 Å². The third-order valence-electron chi connectivity index (χ3n) is 2.92. The maximum atomic E-state index is 11.9. The van der Waals surface area contributed by atoms with Crippen molar-refractivity contribution in [2.45, 2.75) is 46.1 Å². The molecule has 0 bridgehead atoms. The molecule has 2 atom stereocenters. The fraction of sp³-hybridized carbons (Fsp3) is 1.00. The molecular formula is C11H25ClN2O2S. The molecule has 0 radical (unpaired) electrons. The van der Waals surface area contributed by atoms with Crippen molar-refractivity contribution in [3.63, 3.8) is 0 Å². The van der Waals surface area contributed by atoms with E-state index in [2.05, 4.69) is 4.72 Å². The van der Waals surface area contributed by atoms with E-state index < -0.39 is 10.0 Å². The molecule has 0 amide bonds. The lowest BCUT2D eigenvalue weighted by Gasteiger charge is -2.23. The minimum Gasteiger partial charge on any atom is -0.330 e. The first kappa shape index (κ1) is 17.2. The molecule has 0 spiro atoms. The summed E-state index contributed by atoms with van der Waals surface area (Å²) in [5, 5.41) is 0. The van der Waals surface area contributed by atoms with Crippen LogP contribution in [0.3, 0.4) is 0 Å². The Kier molecular flexibility index (Phi) is 6.42. The van der Waals surface area contributed by atoms with Crippen LogP contribution in [0.2, 0.25) is 0 Å². The van der Waals surface area contributed by atoms with Crippen LogP contribution in [0.4, 0.5) is 0 Å². The highest BCUT2D eigenvalue weighted by Crippen LogP contribution is 2.26. The van der Waals surface area contributed by atoms with Crippen LogP contribution >= 0.6 is 12.4 Å². The highest BCUT2D eigenvalue weighted by molar-refractivity contribution is 7.89. The lowest BCUT2D eigenvalue weighted by molar-refractivity contribution is 0.431. The van der Waals surface area contributed by atoms with Gasteiger partial charge < -0.3 is 5.73 Å². The molecule has 1 fully saturated rings. The van der Waals surface area contributed by atoms with Gasteiger partial charge in [0, 0.05) is 6.04 Å². The Morgan fingerprint density at radius 3 is 2.35 bits per heavy atom. The number of sulfonamides is 1. The van der Waals surface area contributed by atoms with Gasteiger partial charge in [0.15, 0.2) is 0 Å². The maximum absolute atomic E-state index is 11.9.